The number of methoxy groups -OCH3 is 1. The number of aryl methyl sites for hydroxylation is 2. The van der Waals surface area contributed by atoms with Crippen LogP contribution in [0.15, 0.2) is 42.5 Å². The third-order valence-electron chi connectivity index (χ3n) is 4.13. The zero-order valence-electron chi connectivity index (χ0n) is 14.8. The van der Waals surface area contributed by atoms with Gasteiger partial charge in [-0.15, -0.1) is 0 Å². The lowest BCUT2D eigenvalue weighted by Gasteiger charge is -2.16. The molecule has 0 bridgehead atoms. The highest BCUT2D eigenvalue weighted by atomic mass is 19.1. The van der Waals surface area contributed by atoms with Crippen molar-refractivity contribution < 1.29 is 23.8 Å². The number of amides is 1. The van der Waals surface area contributed by atoms with Crippen LogP contribution in [-0.2, 0) is 22.4 Å². The van der Waals surface area contributed by atoms with E-state index in [0.29, 0.717) is 6.42 Å². The Morgan fingerprint density at radius 1 is 1.15 bits per heavy atom. The molecule has 6 heteroatoms. The third kappa shape index (κ3) is 5.05. The van der Waals surface area contributed by atoms with Crippen LogP contribution in [0, 0.1) is 5.82 Å². The fourth-order valence-corrected chi connectivity index (χ4v) is 2.58. The second-order valence-corrected chi connectivity index (χ2v) is 5.90. The minimum atomic E-state index is -1.31. The van der Waals surface area contributed by atoms with Gasteiger partial charge in [0.1, 0.15) is 0 Å². The molecule has 138 valence electrons. The highest BCUT2D eigenvalue weighted by Crippen LogP contribution is 2.22. The zero-order chi connectivity index (χ0) is 19.1. The molecule has 0 fully saturated rings. The van der Waals surface area contributed by atoms with E-state index in [0.717, 1.165) is 18.1 Å². The van der Waals surface area contributed by atoms with E-state index in [1.165, 1.54) is 24.8 Å². The molecule has 2 aromatic carbocycles. The molecule has 1 amide bonds. The van der Waals surface area contributed by atoms with E-state index in [1.807, 2.05) is 24.3 Å². The Balaban J connectivity index is 2.01. The molecular formula is C20H22FNO4. The Morgan fingerprint density at radius 3 is 2.35 bits per heavy atom. The standard InChI is InChI=1S/C20H22FNO4/c1-3-13-4-6-14(7-5-13)8-11-18(23)22-19(20(24)25)15-9-10-17(26-2)16(21)12-15/h4-7,9-10,12,19H,3,8,11H2,1-2H3,(H,22,23)(H,24,25). The highest BCUT2D eigenvalue weighted by molar-refractivity contribution is 5.84. The lowest BCUT2D eigenvalue weighted by molar-refractivity contribution is -0.142. The molecule has 0 aliphatic rings. The smallest absolute Gasteiger partial charge is 0.330 e. The number of hydrogen-bond acceptors (Lipinski definition) is 3. The van der Waals surface area contributed by atoms with Gasteiger partial charge in [-0.2, -0.15) is 0 Å². The van der Waals surface area contributed by atoms with Crippen molar-refractivity contribution in [2.24, 2.45) is 0 Å². The summed E-state index contributed by atoms with van der Waals surface area (Å²) in [5.74, 6) is -2.33. The first-order valence-corrected chi connectivity index (χ1v) is 8.38. The molecule has 5 nitrogen and oxygen atoms in total. The van der Waals surface area contributed by atoms with Crippen molar-refractivity contribution in [1.82, 2.24) is 5.32 Å². The molecule has 0 aliphatic carbocycles. The van der Waals surface area contributed by atoms with Crippen LogP contribution in [0.4, 0.5) is 4.39 Å². The predicted molar refractivity (Wildman–Crippen MR) is 95.6 cm³/mol. The van der Waals surface area contributed by atoms with Gasteiger partial charge in [-0.1, -0.05) is 37.3 Å². The summed E-state index contributed by atoms with van der Waals surface area (Å²) >= 11 is 0. The summed E-state index contributed by atoms with van der Waals surface area (Å²) < 4.78 is 18.6. The fraction of sp³-hybridized carbons (Fsp3) is 0.300. The average Bonchev–Trinajstić information content (AvgIpc) is 2.64. The minimum Gasteiger partial charge on any atom is -0.494 e. The van der Waals surface area contributed by atoms with E-state index in [4.69, 9.17) is 4.74 Å². The Kier molecular flexibility index (Phi) is 6.72. The molecule has 0 heterocycles. The van der Waals surface area contributed by atoms with Crippen molar-refractivity contribution in [2.45, 2.75) is 32.2 Å². The second kappa shape index (κ2) is 8.99. The normalized spacial score (nSPS) is 11.7. The summed E-state index contributed by atoms with van der Waals surface area (Å²) in [6.07, 6.45) is 1.59. The van der Waals surface area contributed by atoms with E-state index in [1.54, 1.807) is 0 Å². The molecule has 0 saturated carbocycles. The number of halogens is 1. The summed E-state index contributed by atoms with van der Waals surface area (Å²) in [5, 5.41) is 11.8. The number of ether oxygens (including phenoxy) is 1. The van der Waals surface area contributed by atoms with E-state index in [9.17, 15) is 19.1 Å². The van der Waals surface area contributed by atoms with Gasteiger partial charge < -0.3 is 15.2 Å². The number of nitrogens with one attached hydrogen (secondary N) is 1. The summed E-state index contributed by atoms with van der Waals surface area (Å²) in [7, 11) is 1.32. The van der Waals surface area contributed by atoms with Crippen molar-refractivity contribution in [3.05, 3.63) is 65.0 Å². The van der Waals surface area contributed by atoms with E-state index >= 15 is 0 Å². The van der Waals surface area contributed by atoms with Gasteiger partial charge in [0.05, 0.1) is 7.11 Å². The number of carbonyl (C=O) groups excluding carboxylic acids is 1. The van der Waals surface area contributed by atoms with Crippen LogP contribution >= 0.6 is 0 Å². The molecule has 26 heavy (non-hydrogen) atoms. The summed E-state index contributed by atoms with van der Waals surface area (Å²) in [5.41, 5.74) is 2.36. The highest BCUT2D eigenvalue weighted by Gasteiger charge is 2.23. The number of carboxylic acid groups (broad SMARTS) is 1. The summed E-state index contributed by atoms with van der Waals surface area (Å²) in [6.45, 7) is 2.07. The zero-order valence-corrected chi connectivity index (χ0v) is 14.8. The van der Waals surface area contributed by atoms with Crippen LogP contribution in [-0.4, -0.2) is 24.1 Å². The van der Waals surface area contributed by atoms with Crippen LogP contribution < -0.4 is 10.1 Å². The van der Waals surface area contributed by atoms with E-state index in [-0.39, 0.29) is 17.7 Å². The molecule has 1 unspecified atom stereocenters. The van der Waals surface area contributed by atoms with Crippen LogP contribution in [0.2, 0.25) is 0 Å². The second-order valence-electron chi connectivity index (χ2n) is 5.90. The molecular weight excluding hydrogens is 337 g/mol. The lowest BCUT2D eigenvalue weighted by Crippen LogP contribution is -2.34. The number of carboxylic acids is 1. The fourth-order valence-electron chi connectivity index (χ4n) is 2.58. The van der Waals surface area contributed by atoms with Gasteiger partial charge in [0, 0.05) is 6.42 Å². The number of aliphatic carboxylic acids is 1. The Labute approximate surface area is 151 Å². The molecule has 0 aliphatic heterocycles. The average molecular weight is 359 g/mol. The summed E-state index contributed by atoms with van der Waals surface area (Å²) in [4.78, 5) is 23.6. The molecule has 0 saturated heterocycles. The quantitative estimate of drug-likeness (QED) is 0.758. The molecule has 1 atom stereocenters. The number of carbonyl (C=O) groups is 2. The number of benzene rings is 2. The van der Waals surface area contributed by atoms with E-state index in [2.05, 4.69) is 12.2 Å². The van der Waals surface area contributed by atoms with Crippen LogP contribution in [0.3, 0.4) is 0 Å². The molecule has 2 N–H and O–H groups in total. The monoisotopic (exact) mass is 359 g/mol. The molecule has 2 rings (SSSR count). The first-order chi connectivity index (χ1) is 12.4. The Morgan fingerprint density at radius 2 is 1.81 bits per heavy atom. The number of hydrogen-bond donors (Lipinski definition) is 2. The van der Waals surface area contributed by atoms with Crippen LogP contribution in [0.1, 0.15) is 36.1 Å². The van der Waals surface area contributed by atoms with Crippen molar-refractivity contribution in [1.29, 1.82) is 0 Å². The first-order valence-electron chi connectivity index (χ1n) is 8.38. The topological polar surface area (TPSA) is 75.6 Å². The van der Waals surface area contributed by atoms with Crippen molar-refractivity contribution >= 4 is 11.9 Å². The van der Waals surface area contributed by atoms with Gasteiger partial charge >= 0.3 is 5.97 Å². The van der Waals surface area contributed by atoms with Gasteiger partial charge in [0.25, 0.3) is 0 Å². The van der Waals surface area contributed by atoms with E-state index < -0.39 is 23.7 Å². The predicted octanol–water partition coefficient (Wildman–Crippen LogP) is 3.27. The van der Waals surface area contributed by atoms with Crippen molar-refractivity contribution in [2.75, 3.05) is 7.11 Å². The lowest BCUT2D eigenvalue weighted by atomic mass is 10.0. The van der Waals surface area contributed by atoms with Crippen LogP contribution in [0.25, 0.3) is 0 Å². The maximum absolute atomic E-state index is 13.8. The molecule has 0 aromatic heterocycles. The molecule has 2 aromatic rings. The van der Waals surface area contributed by atoms with Gasteiger partial charge in [-0.05, 0) is 41.7 Å². The maximum Gasteiger partial charge on any atom is 0.330 e. The number of rotatable bonds is 8. The third-order valence-corrected chi connectivity index (χ3v) is 4.13. The van der Waals surface area contributed by atoms with Gasteiger partial charge in [-0.3, -0.25) is 4.79 Å². The minimum absolute atomic E-state index is 0.0136. The van der Waals surface area contributed by atoms with Crippen molar-refractivity contribution in [3.63, 3.8) is 0 Å². The van der Waals surface area contributed by atoms with Gasteiger partial charge in [-0.25, -0.2) is 9.18 Å². The maximum atomic E-state index is 13.8. The first kappa shape index (κ1) is 19.4. The largest absolute Gasteiger partial charge is 0.494 e. The Hall–Kier alpha value is -2.89. The van der Waals surface area contributed by atoms with Gasteiger partial charge in [0.15, 0.2) is 17.6 Å². The van der Waals surface area contributed by atoms with Crippen molar-refractivity contribution in [3.8, 4) is 5.75 Å². The van der Waals surface area contributed by atoms with Gasteiger partial charge in [0.2, 0.25) is 5.91 Å². The SMILES string of the molecule is CCc1ccc(CCC(=O)NC(C(=O)O)c2ccc(OC)c(F)c2)cc1. The summed E-state index contributed by atoms with van der Waals surface area (Å²) in [6, 6.07) is 10.4. The van der Waals surface area contributed by atoms with Crippen LogP contribution in [0.5, 0.6) is 5.75 Å². The molecule has 0 spiro atoms. The Bertz CT molecular complexity index is 774. The molecule has 0 radical (unpaired) electrons.